The Hall–Kier alpha value is -3.81. The van der Waals surface area contributed by atoms with Gasteiger partial charge in [-0.25, -0.2) is 9.18 Å². The number of carbonyl (C=O) groups is 3. The zero-order valence-electron chi connectivity index (χ0n) is 16.0. The predicted octanol–water partition coefficient (Wildman–Crippen LogP) is 3.36. The van der Waals surface area contributed by atoms with Crippen LogP contribution in [-0.2, 0) is 11.8 Å². The second kappa shape index (κ2) is 7.67. The van der Waals surface area contributed by atoms with E-state index in [-0.39, 0.29) is 16.8 Å². The van der Waals surface area contributed by atoms with Gasteiger partial charge in [0, 0.05) is 30.7 Å². The lowest BCUT2D eigenvalue weighted by atomic mass is 10.0. The molecule has 1 aromatic carbocycles. The number of hydrogen-bond donors (Lipinski definition) is 2. The molecule has 2 aromatic heterocycles. The molecule has 0 aliphatic heterocycles. The third-order valence-corrected chi connectivity index (χ3v) is 4.62. The van der Waals surface area contributed by atoms with E-state index in [2.05, 4.69) is 10.3 Å². The number of rotatable bonds is 5. The van der Waals surface area contributed by atoms with Crippen LogP contribution in [0.4, 0.5) is 10.1 Å². The highest BCUT2D eigenvalue weighted by molar-refractivity contribution is 6.40. The van der Waals surface area contributed by atoms with Crippen LogP contribution in [0.15, 0.2) is 42.7 Å². The molecule has 0 atom stereocenters. The SMILES string of the molecule is Cc1cc(NC(=O)c2c(C)c(C(=O)C(=O)O)n(C)c2-c2cccnc2)ccc1F. The fraction of sp³-hybridized carbons (Fsp3) is 0.143. The molecule has 0 saturated carbocycles. The highest BCUT2D eigenvalue weighted by Gasteiger charge is 2.30. The minimum Gasteiger partial charge on any atom is -0.475 e. The van der Waals surface area contributed by atoms with E-state index in [1.807, 2.05) is 0 Å². The van der Waals surface area contributed by atoms with Crippen LogP contribution in [0.5, 0.6) is 0 Å². The van der Waals surface area contributed by atoms with Crippen LogP contribution in [0.25, 0.3) is 11.3 Å². The molecule has 0 spiro atoms. The highest BCUT2D eigenvalue weighted by atomic mass is 19.1. The van der Waals surface area contributed by atoms with Gasteiger partial charge < -0.3 is 15.0 Å². The molecule has 0 radical (unpaired) electrons. The largest absolute Gasteiger partial charge is 0.475 e. The Balaban J connectivity index is 2.17. The second-order valence-corrected chi connectivity index (χ2v) is 6.55. The molecule has 3 aromatic rings. The van der Waals surface area contributed by atoms with E-state index in [0.29, 0.717) is 22.5 Å². The Bertz CT molecular complexity index is 1140. The topological polar surface area (TPSA) is 101 Å². The van der Waals surface area contributed by atoms with Crippen LogP contribution in [-0.4, -0.2) is 32.3 Å². The number of aromatic nitrogens is 2. The van der Waals surface area contributed by atoms with Crippen molar-refractivity contribution in [3.8, 4) is 11.3 Å². The Labute approximate surface area is 165 Å². The van der Waals surface area contributed by atoms with E-state index in [9.17, 15) is 23.9 Å². The number of carboxylic acids is 1. The summed E-state index contributed by atoms with van der Waals surface area (Å²) in [6, 6.07) is 7.52. The van der Waals surface area contributed by atoms with Crippen LogP contribution in [0.2, 0.25) is 0 Å². The van der Waals surface area contributed by atoms with Crippen molar-refractivity contribution in [1.29, 1.82) is 0 Å². The summed E-state index contributed by atoms with van der Waals surface area (Å²) in [5, 5.41) is 11.9. The van der Waals surface area contributed by atoms with Crippen LogP contribution in [0.1, 0.15) is 32.0 Å². The number of ketones is 1. The standard InChI is InChI=1S/C21H18FN3O4/c1-11-9-14(6-7-15(11)22)24-20(27)16-12(2)17(19(26)21(28)29)25(3)18(16)13-5-4-8-23-10-13/h4-10H,1-3H3,(H,24,27)(H,28,29). The smallest absolute Gasteiger partial charge is 0.378 e. The maximum atomic E-state index is 13.5. The summed E-state index contributed by atoms with van der Waals surface area (Å²) in [7, 11) is 1.52. The minimum atomic E-state index is -1.62. The Morgan fingerprint density at radius 3 is 2.48 bits per heavy atom. The zero-order valence-corrected chi connectivity index (χ0v) is 16.0. The van der Waals surface area contributed by atoms with Gasteiger partial charge in [0.05, 0.1) is 11.3 Å². The van der Waals surface area contributed by atoms with Gasteiger partial charge in [-0.15, -0.1) is 0 Å². The molecule has 0 unspecified atom stereocenters. The van der Waals surface area contributed by atoms with Crippen molar-refractivity contribution in [2.75, 3.05) is 5.32 Å². The van der Waals surface area contributed by atoms with Gasteiger partial charge in [-0.1, -0.05) is 0 Å². The molecule has 2 heterocycles. The van der Waals surface area contributed by atoms with Crippen LogP contribution < -0.4 is 5.32 Å². The summed E-state index contributed by atoms with van der Waals surface area (Å²) >= 11 is 0. The molecule has 0 aliphatic rings. The number of halogens is 1. The molecular formula is C21H18FN3O4. The maximum absolute atomic E-state index is 13.5. The lowest BCUT2D eigenvalue weighted by Crippen LogP contribution is -2.17. The molecule has 0 bridgehead atoms. The first-order chi connectivity index (χ1) is 13.7. The normalized spacial score (nSPS) is 10.6. The average molecular weight is 395 g/mol. The Morgan fingerprint density at radius 2 is 1.90 bits per heavy atom. The molecule has 0 saturated heterocycles. The summed E-state index contributed by atoms with van der Waals surface area (Å²) < 4.78 is 14.9. The second-order valence-electron chi connectivity index (χ2n) is 6.55. The Morgan fingerprint density at radius 1 is 1.17 bits per heavy atom. The van der Waals surface area contributed by atoms with Crippen molar-refractivity contribution in [3.63, 3.8) is 0 Å². The van der Waals surface area contributed by atoms with Crippen LogP contribution in [0.3, 0.4) is 0 Å². The van der Waals surface area contributed by atoms with Crippen molar-refractivity contribution in [3.05, 3.63) is 70.9 Å². The number of aliphatic carboxylic acids is 1. The average Bonchev–Trinajstić information content (AvgIpc) is 2.95. The number of nitrogens with one attached hydrogen (secondary N) is 1. The first kappa shape index (κ1) is 19.9. The van der Waals surface area contributed by atoms with Gasteiger partial charge in [-0.2, -0.15) is 0 Å². The van der Waals surface area contributed by atoms with Gasteiger partial charge in [0.1, 0.15) is 11.5 Å². The number of carbonyl (C=O) groups excluding carboxylic acids is 2. The number of aryl methyl sites for hydroxylation is 1. The highest BCUT2D eigenvalue weighted by Crippen LogP contribution is 2.31. The summed E-state index contributed by atoms with van der Waals surface area (Å²) in [4.78, 5) is 40.6. The van der Waals surface area contributed by atoms with Gasteiger partial charge in [0.2, 0.25) is 0 Å². The third-order valence-electron chi connectivity index (χ3n) is 4.62. The van der Waals surface area contributed by atoms with E-state index >= 15 is 0 Å². The predicted molar refractivity (Wildman–Crippen MR) is 104 cm³/mol. The van der Waals surface area contributed by atoms with E-state index in [0.717, 1.165) is 0 Å². The number of anilines is 1. The van der Waals surface area contributed by atoms with Gasteiger partial charge >= 0.3 is 5.97 Å². The van der Waals surface area contributed by atoms with Crippen molar-refractivity contribution >= 4 is 23.3 Å². The van der Waals surface area contributed by atoms with Gasteiger partial charge in [-0.05, 0) is 55.3 Å². The molecule has 7 nitrogen and oxygen atoms in total. The number of amides is 1. The lowest BCUT2D eigenvalue weighted by molar-refractivity contribution is -0.131. The molecular weight excluding hydrogens is 377 g/mol. The molecule has 3 rings (SSSR count). The molecule has 0 fully saturated rings. The quantitative estimate of drug-likeness (QED) is 0.510. The third kappa shape index (κ3) is 3.64. The minimum absolute atomic E-state index is 0.100. The summed E-state index contributed by atoms with van der Waals surface area (Å²) in [6.45, 7) is 3.09. The first-order valence-corrected chi connectivity index (χ1v) is 8.67. The van der Waals surface area contributed by atoms with Gasteiger partial charge in [0.25, 0.3) is 11.7 Å². The maximum Gasteiger partial charge on any atom is 0.378 e. The van der Waals surface area contributed by atoms with E-state index in [4.69, 9.17) is 0 Å². The number of carboxylic acid groups (broad SMARTS) is 1. The number of pyridine rings is 1. The lowest BCUT2D eigenvalue weighted by Gasteiger charge is -2.10. The van der Waals surface area contributed by atoms with Crippen molar-refractivity contribution in [2.45, 2.75) is 13.8 Å². The van der Waals surface area contributed by atoms with Crippen molar-refractivity contribution < 1.29 is 23.9 Å². The van der Waals surface area contributed by atoms with E-state index in [1.54, 1.807) is 25.3 Å². The zero-order chi connectivity index (χ0) is 21.3. The molecule has 1 amide bonds. The molecule has 0 aliphatic carbocycles. The summed E-state index contributed by atoms with van der Waals surface area (Å²) in [6.07, 6.45) is 3.08. The fourth-order valence-corrected chi connectivity index (χ4v) is 3.29. The number of benzene rings is 1. The van der Waals surface area contributed by atoms with Crippen LogP contribution >= 0.6 is 0 Å². The number of hydrogen-bond acceptors (Lipinski definition) is 4. The van der Waals surface area contributed by atoms with Gasteiger partial charge in [-0.3, -0.25) is 14.6 Å². The summed E-state index contributed by atoms with van der Waals surface area (Å²) in [5.41, 5.74) is 1.92. The van der Waals surface area contributed by atoms with Crippen molar-refractivity contribution in [2.24, 2.45) is 7.05 Å². The summed E-state index contributed by atoms with van der Waals surface area (Å²) in [5.74, 6) is -3.68. The van der Waals surface area contributed by atoms with E-state index < -0.39 is 23.5 Å². The van der Waals surface area contributed by atoms with Gasteiger partial charge in [0.15, 0.2) is 0 Å². The molecule has 148 valence electrons. The molecule has 8 heteroatoms. The number of Topliss-reactive ketones (excluding diaryl/α,β-unsaturated/α-hetero) is 1. The van der Waals surface area contributed by atoms with Crippen molar-refractivity contribution in [1.82, 2.24) is 9.55 Å². The Kier molecular flexibility index (Phi) is 5.27. The molecule has 2 N–H and O–H groups in total. The number of nitrogens with zero attached hydrogens (tertiary/aromatic N) is 2. The fourth-order valence-electron chi connectivity index (χ4n) is 3.29. The first-order valence-electron chi connectivity index (χ1n) is 8.67. The van der Waals surface area contributed by atoms with Crippen LogP contribution in [0, 0.1) is 19.7 Å². The monoisotopic (exact) mass is 395 g/mol. The molecule has 29 heavy (non-hydrogen) atoms. The van der Waals surface area contributed by atoms with E-state index in [1.165, 1.54) is 42.9 Å².